The molecule has 0 bridgehead atoms. The molecular weight excluding hydrogens is 945 g/mol. The molecule has 1 aromatic heterocycles. The lowest BCUT2D eigenvalue weighted by atomic mass is 9.69. The van der Waals surface area contributed by atoms with E-state index in [4.69, 9.17) is 9.97 Å². The van der Waals surface area contributed by atoms with Gasteiger partial charge in [-0.3, -0.25) is 0 Å². The molecular formula is C74H50N4. The van der Waals surface area contributed by atoms with Crippen LogP contribution in [-0.2, 0) is 10.8 Å². The Bertz CT molecular complexity index is 4010. The van der Waals surface area contributed by atoms with Gasteiger partial charge in [0.2, 0.25) is 0 Å². The lowest BCUT2D eigenvalue weighted by Gasteiger charge is -2.34. The molecule has 15 rings (SSSR count). The fourth-order valence-electron chi connectivity index (χ4n) is 12.9. The van der Waals surface area contributed by atoms with Crippen molar-refractivity contribution in [3.05, 3.63) is 348 Å². The van der Waals surface area contributed by atoms with Crippen LogP contribution in [0.1, 0.15) is 44.8 Å². The number of benzene rings is 12. The summed E-state index contributed by atoms with van der Waals surface area (Å²) in [7, 11) is 0. The van der Waals surface area contributed by atoms with E-state index in [1.54, 1.807) is 0 Å². The highest BCUT2D eigenvalue weighted by Crippen LogP contribution is 2.61. The molecule has 12 aromatic carbocycles. The van der Waals surface area contributed by atoms with Gasteiger partial charge in [0.05, 0.1) is 33.6 Å². The van der Waals surface area contributed by atoms with Gasteiger partial charge in [-0.2, -0.15) is 0 Å². The van der Waals surface area contributed by atoms with Crippen LogP contribution >= 0.6 is 0 Å². The molecule has 0 spiro atoms. The highest BCUT2D eigenvalue weighted by atomic mass is 15.1. The minimum Gasteiger partial charge on any atom is -0.310 e. The van der Waals surface area contributed by atoms with Crippen molar-refractivity contribution < 1.29 is 0 Å². The van der Waals surface area contributed by atoms with Crippen LogP contribution in [0.3, 0.4) is 0 Å². The Labute approximate surface area is 454 Å². The number of hydrogen-bond acceptors (Lipinski definition) is 4. The van der Waals surface area contributed by atoms with Crippen molar-refractivity contribution in [3.63, 3.8) is 0 Å². The summed E-state index contributed by atoms with van der Waals surface area (Å²) < 4.78 is 0. The Morgan fingerprint density at radius 2 is 0.513 bits per heavy atom. The van der Waals surface area contributed by atoms with Crippen molar-refractivity contribution in [2.75, 3.05) is 9.80 Å². The first kappa shape index (κ1) is 45.3. The van der Waals surface area contributed by atoms with Gasteiger partial charge in [-0.05, 0) is 128 Å². The average molecular weight is 995 g/mol. The third kappa shape index (κ3) is 6.93. The third-order valence-electron chi connectivity index (χ3n) is 16.3. The molecule has 2 aliphatic rings. The number of hydrogen-bond donors (Lipinski definition) is 0. The van der Waals surface area contributed by atoms with Crippen LogP contribution in [-0.4, -0.2) is 9.97 Å². The van der Waals surface area contributed by atoms with Crippen molar-refractivity contribution in [2.45, 2.75) is 10.8 Å². The van der Waals surface area contributed by atoms with Gasteiger partial charge < -0.3 is 9.80 Å². The van der Waals surface area contributed by atoms with Crippen molar-refractivity contribution in [2.24, 2.45) is 0 Å². The fourth-order valence-corrected chi connectivity index (χ4v) is 12.9. The molecule has 13 aromatic rings. The summed E-state index contributed by atoms with van der Waals surface area (Å²) in [6, 6.07) is 110. The Morgan fingerprint density at radius 3 is 0.859 bits per heavy atom. The molecule has 0 aliphatic heterocycles. The average Bonchev–Trinajstić information content (AvgIpc) is 2.89. The van der Waals surface area contributed by atoms with Crippen molar-refractivity contribution in [3.8, 4) is 22.5 Å². The maximum Gasteiger partial charge on any atom is 0.0941 e. The number of nitrogens with zero attached hydrogens (tertiary/aromatic N) is 4. The first-order valence-electron chi connectivity index (χ1n) is 26.8. The van der Waals surface area contributed by atoms with Gasteiger partial charge in [-0.1, -0.05) is 231 Å². The number of rotatable bonds is 10. The summed E-state index contributed by atoms with van der Waals surface area (Å²) in [5.74, 6) is 0. The molecule has 4 heteroatoms. The molecule has 0 saturated heterocycles. The molecule has 2 aliphatic carbocycles. The number of fused-ring (bicyclic) bond motifs is 8. The summed E-state index contributed by atoms with van der Waals surface area (Å²) in [5, 5.41) is 4.78. The minimum atomic E-state index is -0.859. The van der Waals surface area contributed by atoms with Crippen LogP contribution < -0.4 is 9.80 Å². The largest absolute Gasteiger partial charge is 0.310 e. The predicted octanol–water partition coefficient (Wildman–Crippen LogP) is 18.4. The van der Waals surface area contributed by atoms with Gasteiger partial charge in [0.1, 0.15) is 0 Å². The van der Waals surface area contributed by atoms with E-state index in [-0.39, 0.29) is 0 Å². The van der Waals surface area contributed by atoms with Crippen LogP contribution in [0, 0.1) is 0 Å². The zero-order chi connectivity index (χ0) is 51.6. The lowest BCUT2D eigenvalue weighted by molar-refractivity contribution is 0.713. The predicted molar refractivity (Wildman–Crippen MR) is 321 cm³/mol. The Kier molecular flexibility index (Phi) is 10.6. The SMILES string of the molecule is c1ccc(N(c2ccc3c(c2)C(c2ccccc2)(c2ccccc2)c2nc4c(nc2-3)C(c2ccccc2)(c2ccccc2)c2cc(N(c3ccccc3)c3ccc5ccccc5c3)ccc2-4)c2ccc3ccccc3c2)cc1. The van der Waals surface area contributed by atoms with Gasteiger partial charge in [0, 0.05) is 45.3 Å². The molecule has 0 unspecified atom stereocenters. The highest BCUT2D eigenvalue weighted by Gasteiger charge is 2.54. The Balaban J connectivity index is 1.02. The summed E-state index contributed by atoms with van der Waals surface area (Å²) in [6.45, 7) is 0. The maximum absolute atomic E-state index is 6.20. The summed E-state index contributed by atoms with van der Waals surface area (Å²) in [5.41, 5.74) is 17.1. The second-order valence-corrected chi connectivity index (χ2v) is 20.4. The second kappa shape index (κ2) is 18.3. The number of anilines is 6. The standard InChI is InChI=1S/C74H50N4/c1-7-27-55(28-8-1)73(56-29-9-2-10-30-56)67-49-63(77(59-35-15-5-16-36-59)61-41-39-51-23-19-21-25-53(51)47-61)43-45-65(67)69-71(73)75-70-66-46-44-64(78(60-37-17-6-18-38-60)62-42-40-52-24-20-22-26-54(52)48-62)50-68(66)74(72(70)76-69,57-31-11-3-12-32-57)58-33-13-4-14-34-58/h1-50H. The van der Waals surface area contributed by atoms with E-state index >= 15 is 0 Å². The van der Waals surface area contributed by atoms with Crippen molar-refractivity contribution >= 4 is 55.7 Å². The van der Waals surface area contributed by atoms with Crippen LogP contribution in [0.2, 0.25) is 0 Å². The zero-order valence-corrected chi connectivity index (χ0v) is 42.7. The number of para-hydroxylation sites is 2. The third-order valence-corrected chi connectivity index (χ3v) is 16.3. The molecule has 0 saturated carbocycles. The molecule has 0 amide bonds. The lowest BCUT2D eigenvalue weighted by Crippen LogP contribution is -2.32. The first-order chi connectivity index (χ1) is 38.7. The van der Waals surface area contributed by atoms with E-state index in [1.165, 1.54) is 21.5 Å². The quantitative estimate of drug-likeness (QED) is 0.137. The van der Waals surface area contributed by atoms with E-state index < -0.39 is 10.8 Å². The molecule has 4 nitrogen and oxygen atoms in total. The van der Waals surface area contributed by atoms with Crippen molar-refractivity contribution in [1.29, 1.82) is 0 Å². The molecule has 0 N–H and O–H groups in total. The Hall–Kier alpha value is -10.2. The van der Waals surface area contributed by atoms with E-state index in [0.29, 0.717) is 0 Å². The molecule has 1 heterocycles. The van der Waals surface area contributed by atoms with Crippen LogP contribution in [0.15, 0.2) is 303 Å². The zero-order valence-electron chi connectivity index (χ0n) is 42.7. The highest BCUT2D eigenvalue weighted by molar-refractivity contribution is 5.95. The smallest absolute Gasteiger partial charge is 0.0941 e. The van der Waals surface area contributed by atoms with Crippen LogP contribution in [0.25, 0.3) is 44.1 Å². The van der Waals surface area contributed by atoms with Crippen molar-refractivity contribution in [1.82, 2.24) is 9.97 Å². The molecule has 0 fully saturated rings. The van der Waals surface area contributed by atoms with E-state index in [2.05, 4.69) is 313 Å². The fraction of sp³-hybridized carbons (Fsp3) is 0.0270. The first-order valence-corrected chi connectivity index (χ1v) is 26.8. The Morgan fingerprint density at radius 1 is 0.231 bits per heavy atom. The normalized spacial score (nSPS) is 13.3. The van der Waals surface area contributed by atoms with Gasteiger partial charge >= 0.3 is 0 Å². The van der Waals surface area contributed by atoms with Crippen LogP contribution in [0.5, 0.6) is 0 Å². The molecule has 0 atom stereocenters. The summed E-state index contributed by atoms with van der Waals surface area (Å²) in [6.07, 6.45) is 0. The summed E-state index contributed by atoms with van der Waals surface area (Å²) >= 11 is 0. The molecule has 366 valence electrons. The van der Waals surface area contributed by atoms with Gasteiger partial charge in [-0.15, -0.1) is 0 Å². The van der Waals surface area contributed by atoms with E-state index in [9.17, 15) is 0 Å². The van der Waals surface area contributed by atoms with E-state index in [1.807, 2.05) is 0 Å². The monoisotopic (exact) mass is 994 g/mol. The second-order valence-electron chi connectivity index (χ2n) is 20.4. The van der Waals surface area contributed by atoms with Gasteiger partial charge in [0.25, 0.3) is 0 Å². The number of aromatic nitrogens is 2. The molecule has 78 heavy (non-hydrogen) atoms. The topological polar surface area (TPSA) is 32.3 Å². The maximum atomic E-state index is 6.20. The van der Waals surface area contributed by atoms with E-state index in [0.717, 1.165) is 101 Å². The van der Waals surface area contributed by atoms with Gasteiger partial charge in [-0.25, -0.2) is 9.97 Å². The van der Waals surface area contributed by atoms with Crippen LogP contribution in [0.4, 0.5) is 34.1 Å². The molecule has 0 radical (unpaired) electrons. The van der Waals surface area contributed by atoms with Gasteiger partial charge in [0.15, 0.2) is 0 Å². The summed E-state index contributed by atoms with van der Waals surface area (Å²) in [4.78, 5) is 17.2. The minimum absolute atomic E-state index is 0.859.